The van der Waals surface area contributed by atoms with E-state index in [4.69, 9.17) is 5.73 Å². The summed E-state index contributed by atoms with van der Waals surface area (Å²) in [6, 6.07) is 18.6. The van der Waals surface area contributed by atoms with Gasteiger partial charge < -0.3 is 26.4 Å². The molecule has 3 atom stereocenters. The second-order valence-corrected chi connectivity index (χ2v) is 8.72. The van der Waals surface area contributed by atoms with Crippen LogP contribution in [0.5, 0.6) is 5.75 Å². The lowest BCUT2D eigenvalue weighted by molar-refractivity contribution is -0.121. The minimum Gasteiger partial charge on any atom is -0.508 e. The Hall–Kier alpha value is -3.26. The average molecular weight is 464 g/mol. The van der Waals surface area contributed by atoms with Crippen LogP contribution in [0.15, 0.2) is 66.9 Å². The fourth-order valence-electron chi connectivity index (χ4n) is 4.01. The van der Waals surface area contributed by atoms with Crippen molar-refractivity contribution in [3.63, 3.8) is 0 Å². The lowest BCUT2D eigenvalue weighted by atomic mass is 9.92. The summed E-state index contributed by atoms with van der Waals surface area (Å²) in [4.78, 5) is 16.3. The Morgan fingerprint density at radius 3 is 2.47 bits per heavy atom. The summed E-state index contributed by atoms with van der Waals surface area (Å²) < 4.78 is 0. The number of hydrogen-bond donors (Lipinski definition) is 5. The highest BCUT2D eigenvalue weighted by Crippen LogP contribution is 2.22. The van der Waals surface area contributed by atoms with Crippen molar-refractivity contribution in [2.75, 3.05) is 6.54 Å². The molecule has 0 aliphatic heterocycles. The number of benzene rings is 2. The van der Waals surface area contributed by atoms with Crippen molar-refractivity contribution in [2.24, 2.45) is 11.7 Å². The number of aliphatic hydroxyl groups excluding tert-OH is 2. The molecule has 0 aliphatic carbocycles. The number of nitrogens with one attached hydrogen (secondary N) is 1. The predicted molar refractivity (Wildman–Crippen MR) is 131 cm³/mol. The maximum Gasteiger partial charge on any atom is 0.221 e. The molecule has 1 amide bonds. The van der Waals surface area contributed by atoms with Crippen molar-refractivity contribution in [1.29, 1.82) is 0 Å². The van der Waals surface area contributed by atoms with Crippen LogP contribution in [0.25, 0.3) is 0 Å². The number of amides is 1. The van der Waals surface area contributed by atoms with Gasteiger partial charge in [-0.15, -0.1) is 0 Å². The van der Waals surface area contributed by atoms with Gasteiger partial charge in [-0.05, 0) is 60.7 Å². The van der Waals surface area contributed by atoms with Crippen LogP contribution in [0.4, 0.5) is 0 Å². The molecule has 0 saturated carbocycles. The molecule has 180 valence electrons. The second kappa shape index (κ2) is 12.3. The Bertz CT molecular complexity index is 1070. The summed E-state index contributed by atoms with van der Waals surface area (Å²) in [5.74, 6) is -0.651. The normalized spacial score (nSPS) is 13.9. The van der Waals surface area contributed by atoms with Gasteiger partial charge in [0.1, 0.15) is 5.75 Å². The van der Waals surface area contributed by atoms with Gasteiger partial charge in [0.15, 0.2) is 0 Å². The number of nitrogens with zero attached hydrogens (tertiary/aromatic N) is 1. The minimum absolute atomic E-state index is 0.0123. The third-order valence-electron chi connectivity index (χ3n) is 5.92. The molecule has 3 rings (SSSR count). The van der Waals surface area contributed by atoms with Gasteiger partial charge in [-0.3, -0.25) is 9.78 Å². The summed E-state index contributed by atoms with van der Waals surface area (Å²) >= 11 is 0. The highest BCUT2D eigenvalue weighted by Gasteiger charge is 2.18. The quantitative estimate of drug-likeness (QED) is 0.281. The third kappa shape index (κ3) is 7.38. The first-order valence-electron chi connectivity index (χ1n) is 11.5. The Morgan fingerprint density at radius 2 is 1.79 bits per heavy atom. The zero-order chi connectivity index (χ0) is 24.5. The first-order valence-corrected chi connectivity index (χ1v) is 11.5. The Morgan fingerprint density at radius 1 is 1.03 bits per heavy atom. The third-order valence-corrected chi connectivity index (χ3v) is 5.92. The highest BCUT2D eigenvalue weighted by atomic mass is 16.3. The van der Waals surface area contributed by atoms with Gasteiger partial charge in [-0.25, -0.2) is 0 Å². The number of aromatic hydroxyl groups is 1. The van der Waals surface area contributed by atoms with Crippen LogP contribution in [-0.2, 0) is 30.7 Å². The first kappa shape index (κ1) is 25.4. The molecular weight excluding hydrogens is 430 g/mol. The number of carbonyl (C=O) groups excluding carboxylic acids is 1. The number of carbonyl (C=O) groups is 1. The molecule has 7 heteroatoms. The summed E-state index contributed by atoms with van der Waals surface area (Å²) in [5.41, 5.74) is 9.70. The van der Waals surface area contributed by atoms with E-state index >= 15 is 0 Å². The van der Waals surface area contributed by atoms with Crippen LogP contribution in [0.2, 0.25) is 0 Å². The monoisotopic (exact) mass is 463 g/mol. The lowest BCUT2D eigenvalue weighted by Crippen LogP contribution is -2.32. The van der Waals surface area contributed by atoms with E-state index in [1.165, 1.54) is 6.07 Å². The molecule has 0 saturated heterocycles. The molecule has 0 fully saturated rings. The van der Waals surface area contributed by atoms with E-state index in [0.717, 1.165) is 23.2 Å². The van der Waals surface area contributed by atoms with Gasteiger partial charge in [-0.1, -0.05) is 36.4 Å². The molecule has 1 aromatic heterocycles. The molecule has 0 spiro atoms. The van der Waals surface area contributed by atoms with Crippen molar-refractivity contribution in [1.82, 2.24) is 10.3 Å². The summed E-state index contributed by atoms with van der Waals surface area (Å²) in [6.07, 6.45) is 2.76. The Balaban J connectivity index is 1.56. The van der Waals surface area contributed by atoms with E-state index in [1.54, 1.807) is 18.3 Å². The number of aliphatic hydroxyl groups is 2. The SMILES string of the molecule is C[C@H](Cc1cccc(CC(Cc2ccccn2)C(N)=O)c1)NC[C@H](O)c1ccc(O)c(CO)c1. The number of nitrogens with two attached hydrogens (primary N) is 1. The summed E-state index contributed by atoms with van der Waals surface area (Å²) in [6.45, 7) is 2.10. The van der Waals surface area contributed by atoms with Crippen molar-refractivity contribution >= 4 is 5.91 Å². The lowest BCUT2D eigenvalue weighted by Gasteiger charge is -2.19. The number of pyridine rings is 1. The van der Waals surface area contributed by atoms with Crippen LogP contribution < -0.4 is 11.1 Å². The molecule has 34 heavy (non-hydrogen) atoms. The summed E-state index contributed by atoms with van der Waals surface area (Å²) in [5, 5.41) is 32.8. The molecule has 7 nitrogen and oxygen atoms in total. The molecule has 2 aromatic carbocycles. The van der Waals surface area contributed by atoms with Crippen molar-refractivity contribution < 1.29 is 20.1 Å². The van der Waals surface area contributed by atoms with Crippen LogP contribution >= 0.6 is 0 Å². The second-order valence-electron chi connectivity index (χ2n) is 8.72. The van der Waals surface area contributed by atoms with Crippen LogP contribution in [-0.4, -0.2) is 38.8 Å². The number of phenols is 1. The van der Waals surface area contributed by atoms with Gasteiger partial charge in [0.25, 0.3) is 0 Å². The number of aromatic nitrogens is 1. The minimum atomic E-state index is -0.761. The maximum absolute atomic E-state index is 12.0. The van der Waals surface area contributed by atoms with E-state index < -0.39 is 6.10 Å². The van der Waals surface area contributed by atoms with Gasteiger partial charge in [0, 0.05) is 42.4 Å². The van der Waals surface area contributed by atoms with E-state index in [2.05, 4.69) is 16.4 Å². The largest absolute Gasteiger partial charge is 0.508 e. The molecule has 0 aliphatic rings. The molecule has 6 N–H and O–H groups in total. The van der Waals surface area contributed by atoms with E-state index in [1.807, 2.05) is 43.3 Å². The Labute approximate surface area is 200 Å². The number of hydrogen-bond acceptors (Lipinski definition) is 6. The fraction of sp³-hybridized carbons (Fsp3) is 0.333. The zero-order valence-corrected chi connectivity index (χ0v) is 19.4. The van der Waals surface area contributed by atoms with Crippen molar-refractivity contribution in [3.8, 4) is 5.75 Å². The first-order chi connectivity index (χ1) is 16.4. The summed E-state index contributed by atoms with van der Waals surface area (Å²) in [7, 11) is 0. The van der Waals surface area contributed by atoms with Crippen molar-refractivity contribution in [2.45, 2.75) is 44.9 Å². The number of rotatable bonds is 12. The van der Waals surface area contributed by atoms with Gasteiger partial charge in [0.05, 0.1) is 12.7 Å². The molecular formula is C27H33N3O4. The number of primary amides is 1. The van der Waals surface area contributed by atoms with Gasteiger partial charge in [-0.2, -0.15) is 0 Å². The molecule has 1 unspecified atom stereocenters. The predicted octanol–water partition coefficient (Wildman–Crippen LogP) is 2.42. The topological polar surface area (TPSA) is 129 Å². The van der Waals surface area contributed by atoms with Crippen LogP contribution in [0.3, 0.4) is 0 Å². The molecule has 3 aromatic rings. The Kier molecular flexibility index (Phi) is 9.16. The fourth-order valence-corrected chi connectivity index (χ4v) is 4.01. The maximum atomic E-state index is 12.0. The van der Waals surface area contributed by atoms with Gasteiger partial charge >= 0.3 is 0 Å². The van der Waals surface area contributed by atoms with Crippen molar-refractivity contribution in [3.05, 3.63) is 94.8 Å². The molecule has 1 heterocycles. The smallest absolute Gasteiger partial charge is 0.221 e. The average Bonchev–Trinajstić information content (AvgIpc) is 2.83. The molecule has 0 radical (unpaired) electrons. The van der Waals surface area contributed by atoms with Crippen LogP contribution in [0.1, 0.15) is 41.0 Å². The van der Waals surface area contributed by atoms with E-state index in [-0.39, 0.29) is 30.2 Å². The highest BCUT2D eigenvalue weighted by molar-refractivity contribution is 5.77. The van der Waals surface area contributed by atoms with E-state index in [9.17, 15) is 20.1 Å². The zero-order valence-electron chi connectivity index (χ0n) is 19.4. The van der Waals surface area contributed by atoms with Crippen LogP contribution in [0, 0.1) is 5.92 Å². The molecule has 0 bridgehead atoms. The van der Waals surface area contributed by atoms with Gasteiger partial charge in [0.2, 0.25) is 5.91 Å². The van der Waals surface area contributed by atoms with E-state index in [0.29, 0.717) is 30.5 Å². The standard InChI is InChI=1S/C27H33N3O4/c1-18(30-16-26(33)21-8-9-25(32)23(14-21)17-31)11-19-5-4-6-20(12-19)13-22(27(28)34)15-24-7-2-3-10-29-24/h2-10,12,14,18,22,26,30-33H,11,13,15-17H2,1H3,(H2,28,34)/t18-,22?,26+/m1/s1.